The maximum atomic E-state index is 12.9. The number of hydrogen-bond acceptors (Lipinski definition) is 6. The minimum Gasteiger partial charge on any atom is -0.387 e. The number of imidazole rings is 1. The molecule has 8 nitrogen and oxygen atoms in total. The van der Waals surface area contributed by atoms with E-state index in [1.165, 1.54) is 11.8 Å². The highest BCUT2D eigenvalue weighted by molar-refractivity contribution is 6.03. The summed E-state index contributed by atoms with van der Waals surface area (Å²) in [7, 11) is 0. The smallest absolute Gasteiger partial charge is 0.291 e. The zero-order chi connectivity index (χ0) is 25.9. The Balaban J connectivity index is 1.50. The number of anilines is 1. The number of benzene rings is 1. The summed E-state index contributed by atoms with van der Waals surface area (Å²) in [4.78, 5) is 19.7. The Morgan fingerprint density at radius 2 is 1.89 bits per heavy atom. The molecule has 1 amide bonds. The molecule has 0 saturated carbocycles. The fourth-order valence-electron chi connectivity index (χ4n) is 6.12. The lowest BCUT2D eigenvalue weighted by atomic mass is 9.75. The molecule has 1 aliphatic carbocycles. The van der Waals surface area contributed by atoms with Gasteiger partial charge in [0.1, 0.15) is 18.3 Å². The molecule has 2 aliphatic heterocycles. The molecule has 2 bridgehead atoms. The average molecular weight is 491 g/mol. The minimum atomic E-state index is -0.930. The van der Waals surface area contributed by atoms with Gasteiger partial charge < -0.3 is 25.3 Å². The molecule has 8 heteroatoms. The Morgan fingerprint density at radius 1 is 1.19 bits per heavy atom. The first-order valence-electron chi connectivity index (χ1n) is 12.6. The summed E-state index contributed by atoms with van der Waals surface area (Å²) in [6.07, 6.45) is 5.92. The number of hydrogen-bond donors (Lipinski definition) is 4. The van der Waals surface area contributed by atoms with Crippen LogP contribution in [-0.4, -0.2) is 49.5 Å². The normalized spacial score (nSPS) is 33.0. The van der Waals surface area contributed by atoms with Crippen LogP contribution in [0.15, 0.2) is 30.5 Å². The van der Waals surface area contributed by atoms with Crippen molar-refractivity contribution < 1.29 is 19.7 Å². The van der Waals surface area contributed by atoms with E-state index in [2.05, 4.69) is 41.3 Å². The van der Waals surface area contributed by atoms with Crippen molar-refractivity contribution in [1.82, 2.24) is 9.97 Å². The van der Waals surface area contributed by atoms with Crippen LogP contribution < -0.4 is 5.32 Å². The van der Waals surface area contributed by atoms with Crippen LogP contribution in [0, 0.1) is 16.7 Å². The molecular weight excluding hydrogens is 456 g/mol. The van der Waals surface area contributed by atoms with Crippen molar-refractivity contribution in [2.45, 2.75) is 89.1 Å². The number of aromatic nitrogens is 2. The quantitative estimate of drug-likeness (QED) is 0.506. The average Bonchev–Trinajstić information content (AvgIpc) is 3.36. The molecule has 2 saturated heterocycles. The summed E-state index contributed by atoms with van der Waals surface area (Å²) < 4.78 is 6.15. The summed E-state index contributed by atoms with van der Waals surface area (Å²) in [5.74, 6) is -0.226. The SMILES string of the molecule is CC1(C)CC=C(c2cc(C3C[C@@]4(C)O[C@@](C)(C3)[C@H](O)[C@@H]4O)ccc2NC(=O)c2nc(C#N)c[nH]2)CC1. The first-order valence-corrected chi connectivity index (χ1v) is 12.6. The summed E-state index contributed by atoms with van der Waals surface area (Å²) in [5, 5.41) is 33.4. The van der Waals surface area contributed by atoms with Gasteiger partial charge in [-0.25, -0.2) is 4.98 Å². The summed E-state index contributed by atoms with van der Waals surface area (Å²) in [5.41, 5.74) is 2.73. The molecule has 5 rings (SSSR count). The van der Waals surface area contributed by atoms with Crippen molar-refractivity contribution in [2.75, 3.05) is 5.32 Å². The van der Waals surface area contributed by atoms with E-state index in [4.69, 9.17) is 10.00 Å². The number of carbonyl (C=O) groups excluding carboxylic acids is 1. The standard InChI is InChI=1S/C28H34N4O4/c1-26(2)9-7-16(8-10-26)20-11-17(18-12-27(3)22(33)23(34)28(4,13-18)36-27)5-6-21(20)32-25(35)24-30-15-19(14-29)31-24/h5-7,11,15,18,22-23,33-34H,8-10,12-13H2,1-4H3,(H,30,31)(H,32,35)/t18?,22-,23+,27+,28-. The van der Waals surface area contributed by atoms with Crippen LogP contribution in [0.3, 0.4) is 0 Å². The van der Waals surface area contributed by atoms with Crippen molar-refractivity contribution in [3.05, 3.63) is 53.1 Å². The lowest BCUT2D eigenvalue weighted by molar-refractivity contribution is -0.153. The third kappa shape index (κ3) is 4.26. The summed E-state index contributed by atoms with van der Waals surface area (Å²) in [6, 6.07) is 8.00. The minimum absolute atomic E-state index is 0.0881. The molecule has 190 valence electrons. The number of aromatic amines is 1. The van der Waals surface area contributed by atoms with E-state index in [0.29, 0.717) is 18.5 Å². The van der Waals surface area contributed by atoms with Crippen LogP contribution in [0.1, 0.15) is 93.2 Å². The Hall–Kier alpha value is -2.99. The number of amides is 1. The maximum Gasteiger partial charge on any atom is 0.291 e. The second-order valence-electron chi connectivity index (χ2n) is 11.8. The van der Waals surface area contributed by atoms with Gasteiger partial charge >= 0.3 is 0 Å². The van der Waals surface area contributed by atoms with E-state index in [1.807, 2.05) is 32.0 Å². The first-order chi connectivity index (χ1) is 16.9. The molecule has 0 spiro atoms. The van der Waals surface area contributed by atoms with Gasteiger partial charge in [-0.05, 0) is 80.6 Å². The maximum absolute atomic E-state index is 12.9. The van der Waals surface area contributed by atoms with Crippen LogP contribution in [0.25, 0.3) is 5.57 Å². The number of nitrogens with zero attached hydrogens (tertiary/aromatic N) is 2. The highest BCUT2D eigenvalue weighted by atomic mass is 16.6. The van der Waals surface area contributed by atoms with Crippen molar-refractivity contribution in [3.63, 3.8) is 0 Å². The Kier molecular flexibility index (Phi) is 5.86. The molecule has 3 heterocycles. The molecule has 1 unspecified atom stereocenters. The molecule has 2 aromatic rings. The first kappa shape index (κ1) is 24.7. The van der Waals surface area contributed by atoms with Crippen molar-refractivity contribution in [3.8, 4) is 6.07 Å². The Labute approximate surface area is 211 Å². The number of aliphatic hydroxyl groups is 2. The molecule has 1 aromatic carbocycles. The third-order valence-corrected chi connectivity index (χ3v) is 8.31. The number of allylic oxidation sites excluding steroid dienone is 2. The predicted molar refractivity (Wildman–Crippen MR) is 135 cm³/mol. The third-order valence-electron chi connectivity index (χ3n) is 8.31. The lowest BCUT2D eigenvalue weighted by Gasteiger charge is -2.41. The van der Waals surface area contributed by atoms with Gasteiger partial charge in [-0.15, -0.1) is 0 Å². The monoisotopic (exact) mass is 490 g/mol. The van der Waals surface area contributed by atoms with Crippen LogP contribution in [0.5, 0.6) is 0 Å². The zero-order valence-corrected chi connectivity index (χ0v) is 21.3. The van der Waals surface area contributed by atoms with Gasteiger partial charge in [0.15, 0.2) is 11.5 Å². The number of H-pyrrole nitrogens is 1. The highest BCUT2D eigenvalue weighted by Gasteiger charge is 2.61. The fourth-order valence-corrected chi connectivity index (χ4v) is 6.12. The molecular formula is C28H34N4O4. The highest BCUT2D eigenvalue weighted by Crippen LogP contribution is 2.53. The van der Waals surface area contributed by atoms with E-state index in [1.54, 1.807) is 0 Å². The van der Waals surface area contributed by atoms with E-state index < -0.39 is 29.3 Å². The number of carbonyl (C=O) groups is 1. The van der Waals surface area contributed by atoms with E-state index in [0.717, 1.165) is 30.4 Å². The van der Waals surface area contributed by atoms with Crippen LogP contribution in [0.4, 0.5) is 5.69 Å². The molecule has 36 heavy (non-hydrogen) atoms. The van der Waals surface area contributed by atoms with Gasteiger partial charge in [0.2, 0.25) is 0 Å². The molecule has 3 aliphatic rings. The van der Waals surface area contributed by atoms with Crippen molar-refractivity contribution in [2.24, 2.45) is 5.41 Å². The molecule has 0 radical (unpaired) electrons. The zero-order valence-electron chi connectivity index (χ0n) is 21.3. The fraction of sp³-hybridized carbons (Fsp3) is 0.536. The number of rotatable bonds is 4. The van der Waals surface area contributed by atoms with Gasteiger partial charge in [0.05, 0.1) is 11.2 Å². The molecule has 4 N–H and O–H groups in total. The summed E-state index contributed by atoms with van der Waals surface area (Å²) in [6.45, 7) is 8.27. The number of fused-ring (bicyclic) bond motifs is 2. The number of nitriles is 1. The summed E-state index contributed by atoms with van der Waals surface area (Å²) >= 11 is 0. The predicted octanol–water partition coefficient (Wildman–Crippen LogP) is 4.27. The van der Waals surface area contributed by atoms with Crippen molar-refractivity contribution in [1.29, 1.82) is 5.26 Å². The van der Waals surface area contributed by atoms with Crippen molar-refractivity contribution >= 4 is 17.2 Å². The molecule has 1 aromatic heterocycles. The topological polar surface area (TPSA) is 131 Å². The molecule has 5 atom stereocenters. The number of nitrogens with one attached hydrogen (secondary N) is 2. The van der Waals surface area contributed by atoms with Gasteiger partial charge in [-0.3, -0.25) is 4.79 Å². The van der Waals surface area contributed by atoms with E-state index >= 15 is 0 Å². The molecule has 2 fully saturated rings. The second kappa shape index (κ2) is 8.55. The largest absolute Gasteiger partial charge is 0.387 e. The second-order valence-corrected chi connectivity index (χ2v) is 11.8. The van der Waals surface area contributed by atoms with Gasteiger partial charge in [0, 0.05) is 17.4 Å². The number of ether oxygens (including phenoxy) is 1. The van der Waals surface area contributed by atoms with Crippen LogP contribution in [0.2, 0.25) is 0 Å². The van der Waals surface area contributed by atoms with Gasteiger partial charge in [0.25, 0.3) is 5.91 Å². The van der Waals surface area contributed by atoms with E-state index in [-0.39, 0.29) is 22.9 Å². The van der Waals surface area contributed by atoms with Gasteiger partial charge in [-0.2, -0.15) is 5.26 Å². The Bertz CT molecular complexity index is 1250. The lowest BCUT2D eigenvalue weighted by Crippen LogP contribution is -2.43. The van der Waals surface area contributed by atoms with Crippen LogP contribution in [-0.2, 0) is 4.74 Å². The van der Waals surface area contributed by atoms with E-state index in [9.17, 15) is 15.0 Å². The Morgan fingerprint density at radius 3 is 2.47 bits per heavy atom. The van der Waals surface area contributed by atoms with Gasteiger partial charge in [-0.1, -0.05) is 26.0 Å². The number of aliphatic hydroxyl groups excluding tert-OH is 2. The van der Waals surface area contributed by atoms with Crippen LogP contribution >= 0.6 is 0 Å².